The number of rotatable bonds is 6. The zero-order valence-corrected chi connectivity index (χ0v) is 15.3. The van der Waals surface area contributed by atoms with Gasteiger partial charge in [0.25, 0.3) is 0 Å². The summed E-state index contributed by atoms with van der Waals surface area (Å²) in [4.78, 5) is 28.4. The lowest BCUT2D eigenvalue weighted by molar-refractivity contribution is -0.123. The number of benzene rings is 2. The van der Waals surface area contributed by atoms with E-state index in [0.717, 1.165) is 0 Å². The third kappa shape index (κ3) is 4.24. The number of aromatic nitrogens is 1. The summed E-state index contributed by atoms with van der Waals surface area (Å²) < 4.78 is 24.3. The van der Waals surface area contributed by atoms with E-state index < -0.39 is 17.9 Å². The largest absolute Gasteiger partial charge is 0.453 e. The second-order valence-electron chi connectivity index (χ2n) is 6.49. The van der Waals surface area contributed by atoms with Crippen molar-refractivity contribution in [3.8, 4) is 11.6 Å². The first-order valence-corrected chi connectivity index (χ1v) is 9.04. The molecule has 1 N–H and O–H groups in total. The quantitative estimate of drug-likeness (QED) is 0.643. The van der Waals surface area contributed by atoms with E-state index in [1.807, 2.05) is 0 Å². The maximum Gasteiger partial charge on any atom is 0.339 e. The normalized spacial score (nSPS) is 14.8. The lowest BCUT2D eigenvalue weighted by Crippen LogP contribution is -2.25. The monoisotopic (exact) mass is 392 g/mol. The summed E-state index contributed by atoms with van der Waals surface area (Å²) in [5.74, 6) is -0.530. The lowest BCUT2D eigenvalue weighted by Gasteiger charge is -2.13. The van der Waals surface area contributed by atoms with Crippen LogP contribution in [0.25, 0.3) is 0 Å². The minimum atomic E-state index is -0.601. The summed E-state index contributed by atoms with van der Waals surface area (Å²) in [6.45, 7) is 0.166. The minimum Gasteiger partial charge on any atom is -0.453 e. The van der Waals surface area contributed by atoms with Crippen LogP contribution in [-0.4, -0.2) is 16.9 Å². The minimum absolute atomic E-state index is 0.0170. The van der Waals surface area contributed by atoms with Crippen molar-refractivity contribution in [1.82, 2.24) is 10.3 Å². The van der Waals surface area contributed by atoms with Gasteiger partial charge in [0.05, 0.1) is 12.0 Å². The van der Waals surface area contributed by atoms with Crippen molar-refractivity contribution >= 4 is 11.9 Å². The van der Waals surface area contributed by atoms with Crippen LogP contribution in [0.2, 0.25) is 0 Å². The zero-order valence-electron chi connectivity index (χ0n) is 15.3. The zero-order chi connectivity index (χ0) is 20.2. The van der Waals surface area contributed by atoms with Crippen LogP contribution in [-0.2, 0) is 16.1 Å². The van der Waals surface area contributed by atoms with E-state index in [1.54, 1.807) is 48.7 Å². The van der Waals surface area contributed by atoms with Gasteiger partial charge in [-0.05, 0) is 24.3 Å². The highest BCUT2D eigenvalue weighted by atomic mass is 19.1. The SMILES string of the molecule is O=C(CC1OC(=O)c2ccccc21)NCc1cccnc1Oc1cccc(F)c1. The number of fused-ring (bicyclic) bond motifs is 1. The Morgan fingerprint density at radius 3 is 2.86 bits per heavy atom. The molecule has 4 rings (SSSR count). The van der Waals surface area contributed by atoms with Crippen LogP contribution >= 0.6 is 0 Å². The Labute approximate surface area is 166 Å². The first kappa shape index (κ1) is 18.6. The maximum atomic E-state index is 13.4. The van der Waals surface area contributed by atoms with Crippen molar-refractivity contribution in [2.75, 3.05) is 0 Å². The molecule has 146 valence electrons. The molecular weight excluding hydrogens is 375 g/mol. The van der Waals surface area contributed by atoms with E-state index in [4.69, 9.17) is 9.47 Å². The van der Waals surface area contributed by atoms with Crippen molar-refractivity contribution in [2.45, 2.75) is 19.1 Å². The highest BCUT2D eigenvalue weighted by Crippen LogP contribution is 2.32. The standard InChI is InChI=1S/C22H17FN2O4/c23-15-6-3-7-16(11-15)28-21-14(5-4-10-24-21)13-25-20(26)12-19-17-8-1-2-9-18(17)22(27)29-19/h1-11,19H,12-13H2,(H,25,26). The summed E-state index contributed by atoms with van der Waals surface area (Å²) in [5, 5.41) is 2.78. The number of carbonyl (C=O) groups is 2. The molecule has 0 fully saturated rings. The third-order valence-electron chi connectivity index (χ3n) is 4.48. The fourth-order valence-corrected chi connectivity index (χ4v) is 3.10. The van der Waals surface area contributed by atoms with Crippen LogP contribution in [0.15, 0.2) is 66.9 Å². The van der Waals surface area contributed by atoms with Gasteiger partial charge in [-0.2, -0.15) is 0 Å². The van der Waals surface area contributed by atoms with E-state index in [2.05, 4.69) is 10.3 Å². The summed E-state index contributed by atoms with van der Waals surface area (Å²) in [6.07, 6.45) is 0.966. The van der Waals surface area contributed by atoms with Gasteiger partial charge in [-0.25, -0.2) is 14.2 Å². The molecule has 3 aromatic rings. The first-order valence-electron chi connectivity index (χ1n) is 9.04. The maximum absolute atomic E-state index is 13.4. The molecule has 1 aliphatic heterocycles. The molecule has 0 radical (unpaired) electrons. The predicted octanol–water partition coefficient (Wildman–Crippen LogP) is 3.93. The van der Waals surface area contributed by atoms with Gasteiger partial charge in [0, 0.05) is 29.9 Å². The fourth-order valence-electron chi connectivity index (χ4n) is 3.10. The lowest BCUT2D eigenvalue weighted by atomic mass is 10.0. The number of nitrogens with one attached hydrogen (secondary N) is 1. The molecule has 1 atom stereocenters. The van der Waals surface area contributed by atoms with Gasteiger partial charge < -0.3 is 14.8 Å². The highest BCUT2D eigenvalue weighted by Gasteiger charge is 2.31. The highest BCUT2D eigenvalue weighted by molar-refractivity contribution is 5.94. The number of amides is 1. The predicted molar refractivity (Wildman–Crippen MR) is 102 cm³/mol. The second-order valence-corrected chi connectivity index (χ2v) is 6.49. The molecule has 1 aliphatic rings. The van der Waals surface area contributed by atoms with E-state index in [1.165, 1.54) is 18.2 Å². The summed E-state index contributed by atoms with van der Waals surface area (Å²) in [6, 6.07) is 16.2. The number of hydrogen-bond acceptors (Lipinski definition) is 5. The molecular formula is C22H17FN2O4. The summed E-state index contributed by atoms with van der Waals surface area (Å²) >= 11 is 0. The molecule has 0 saturated heterocycles. The Morgan fingerprint density at radius 1 is 1.14 bits per heavy atom. The average molecular weight is 392 g/mol. The van der Waals surface area contributed by atoms with Crippen LogP contribution in [0.1, 0.15) is 34.0 Å². The van der Waals surface area contributed by atoms with Crippen LogP contribution in [0.4, 0.5) is 4.39 Å². The molecule has 1 amide bonds. The number of hydrogen-bond donors (Lipinski definition) is 1. The van der Waals surface area contributed by atoms with Crippen molar-refractivity contribution < 1.29 is 23.5 Å². The molecule has 1 unspecified atom stereocenters. The van der Waals surface area contributed by atoms with E-state index >= 15 is 0 Å². The Kier molecular flexibility index (Phi) is 5.20. The number of halogens is 1. The number of carbonyl (C=O) groups excluding carboxylic acids is 2. The molecule has 2 heterocycles. The third-order valence-corrected chi connectivity index (χ3v) is 4.48. The molecule has 7 heteroatoms. The van der Waals surface area contributed by atoms with Crippen molar-refractivity contribution in [3.63, 3.8) is 0 Å². The summed E-state index contributed by atoms with van der Waals surface area (Å²) in [5.41, 5.74) is 1.83. The molecule has 1 aromatic heterocycles. The molecule has 29 heavy (non-hydrogen) atoms. The smallest absolute Gasteiger partial charge is 0.339 e. The Bertz CT molecular complexity index is 1070. The van der Waals surface area contributed by atoms with Gasteiger partial charge >= 0.3 is 5.97 Å². The Hall–Kier alpha value is -3.74. The van der Waals surface area contributed by atoms with Gasteiger partial charge in [-0.1, -0.05) is 30.3 Å². The van der Waals surface area contributed by atoms with Gasteiger partial charge in [-0.3, -0.25) is 4.79 Å². The van der Waals surface area contributed by atoms with Crippen LogP contribution in [0.3, 0.4) is 0 Å². The molecule has 6 nitrogen and oxygen atoms in total. The molecule has 2 aromatic carbocycles. The number of esters is 1. The molecule has 0 aliphatic carbocycles. The number of cyclic esters (lactones) is 1. The van der Waals surface area contributed by atoms with Crippen LogP contribution in [0, 0.1) is 5.82 Å². The number of nitrogens with zero attached hydrogens (tertiary/aromatic N) is 1. The Balaban J connectivity index is 1.40. The van der Waals surface area contributed by atoms with Crippen molar-refractivity contribution in [2.24, 2.45) is 0 Å². The van der Waals surface area contributed by atoms with Crippen molar-refractivity contribution in [3.05, 3.63) is 89.4 Å². The summed E-state index contributed by atoms with van der Waals surface area (Å²) in [7, 11) is 0. The fraction of sp³-hybridized carbons (Fsp3) is 0.136. The Morgan fingerprint density at radius 2 is 2.00 bits per heavy atom. The molecule has 0 saturated carbocycles. The van der Waals surface area contributed by atoms with Gasteiger partial charge in [-0.15, -0.1) is 0 Å². The second kappa shape index (κ2) is 8.10. The van der Waals surface area contributed by atoms with Crippen LogP contribution in [0.5, 0.6) is 11.6 Å². The van der Waals surface area contributed by atoms with Crippen molar-refractivity contribution in [1.29, 1.82) is 0 Å². The van der Waals surface area contributed by atoms with Crippen LogP contribution < -0.4 is 10.1 Å². The molecule has 0 spiro atoms. The first-order chi connectivity index (χ1) is 14.1. The van der Waals surface area contributed by atoms with E-state index in [0.29, 0.717) is 22.4 Å². The number of ether oxygens (including phenoxy) is 2. The van der Waals surface area contributed by atoms with E-state index in [9.17, 15) is 14.0 Å². The van der Waals surface area contributed by atoms with Gasteiger partial charge in [0.2, 0.25) is 11.8 Å². The average Bonchev–Trinajstić information content (AvgIpc) is 3.03. The van der Waals surface area contributed by atoms with Gasteiger partial charge in [0.15, 0.2) is 0 Å². The molecule has 0 bridgehead atoms. The van der Waals surface area contributed by atoms with E-state index in [-0.39, 0.29) is 24.8 Å². The number of pyridine rings is 1. The topological polar surface area (TPSA) is 77.5 Å². The van der Waals surface area contributed by atoms with Gasteiger partial charge in [0.1, 0.15) is 17.7 Å².